The zero-order valence-electron chi connectivity index (χ0n) is 11.3. The van der Waals surface area contributed by atoms with Crippen LogP contribution in [-0.2, 0) is 4.79 Å². The summed E-state index contributed by atoms with van der Waals surface area (Å²) >= 11 is 0. The number of nitrogens with zero attached hydrogens (tertiary/aromatic N) is 1. The number of carbonyl (C=O) groups excluding carboxylic acids is 1. The molecule has 4 heteroatoms. The predicted octanol–water partition coefficient (Wildman–Crippen LogP) is 3.11. The first-order valence-electron chi connectivity index (χ1n) is 6.72. The topological polar surface area (TPSA) is 60.2 Å². The third-order valence-corrected chi connectivity index (χ3v) is 3.79. The summed E-state index contributed by atoms with van der Waals surface area (Å²) in [6.07, 6.45) is 2.65. The fourth-order valence-electron chi connectivity index (χ4n) is 2.36. The van der Waals surface area contributed by atoms with Crippen LogP contribution in [0, 0.1) is 23.0 Å². The highest BCUT2D eigenvalue weighted by molar-refractivity contribution is 5.86. The summed E-state index contributed by atoms with van der Waals surface area (Å²) in [7, 11) is 0. The number of nitro groups is 1. The zero-order valence-corrected chi connectivity index (χ0v) is 11.3. The molecule has 19 heavy (non-hydrogen) atoms. The number of Topliss-reactive ketones (excluding diaryl/α,β-unsaturated/α-hetero) is 1. The number of rotatable bonds is 6. The molecule has 2 rings (SSSR count). The molecule has 0 saturated heterocycles. The van der Waals surface area contributed by atoms with Crippen molar-refractivity contribution in [2.75, 3.05) is 0 Å². The molecule has 0 bridgehead atoms. The maximum Gasteiger partial charge on any atom is 0.224 e. The molecule has 1 aromatic carbocycles. The largest absolute Gasteiger partial charge is 0.299 e. The van der Waals surface area contributed by atoms with Gasteiger partial charge in [-0.25, -0.2) is 0 Å². The van der Waals surface area contributed by atoms with Crippen molar-refractivity contribution in [3.63, 3.8) is 0 Å². The van der Waals surface area contributed by atoms with Crippen LogP contribution >= 0.6 is 0 Å². The molecule has 1 saturated carbocycles. The minimum absolute atomic E-state index is 0.00977. The van der Waals surface area contributed by atoms with Gasteiger partial charge in [-0.3, -0.25) is 14.9 Å². The lowest BCUT2D eigenvalue weighted by molar-refractivity contribution is -0.519. The van der Waals surface area contributed by atoms with E-state index in [-0.39, 0.29) is 10.7 Å². The van der Waals surface area contributed by atoms with Gasteiger partial charge in [-0.1, -0.05) is 29.8 Å². The van der Waals surface area contributed by atoms with Gasteiger partial charge >= 0.3 is 0 Å². The molecule has 0 heterocycles. The molecule has 2 atom stereocenters. The van der Waals surface area contributed by atoms with E-state index in [9.17, 15) is 14.9 Å². The maximum absolute atomic E-state index is 12.3. The van der Waals surface area contributed by atoms with Crippen LogP contribution in [0.4, 0.5) is 0 Å². The molecule has 0 radical (unpaired) electrons. The average Bonchev–Trinajstić information content (AvgIpc) is 3.15. The Hall–Kier alpha value is -1.71. The van der Waals surface area contributed by atoms with Crippen LogP contribution in [0.25, 0.3) is 0 Å². The van der Waals surface area contributed by atoms with Crippen LogP contribution in [0.2, 0.25) is 0 Å². The predicted molar refractivity (Wildman–Crippen MR) is 72.7 cm³/mol. The third-order valence-electron chi connectivity index (χ3n) is 3.79. The first kappa shape index (κ1) is 13.7. The Balaban J connectivity index is 2.24. The van der Waals surface area contributed by atoms with Crippen LogP contribution in [0.3, 0.4) is 0 Å². The van der Waals surface area contributed by atoms with Gasteiger partial charge in [0.25, 0.3) is 0 Å². The fourth-order valence-corrected chi connectivity index (χ4v) is 2.36. The van der Waals surface area contributed by atoms with Gasteiger partial charge in [0.15, 0.2) is 0 Å². The molecule has 0 spiro atoms. The maximum atomic E-state index is 12.3. The summed E-state index contributed by atoms with van der Waals surface area (Å²) in [5, 5.41) is 11.0. The molecular weight excluding hydrogens is 242 g/mol. The molecule has 0 N–H and O–H groups in total. The highest BCUT2D eigenvalue weighted by Crippen LogP contribution is 2.36. The second kappa shape index (κ2) is 5.51. The van der Waals surface area contributed by atoms with Crippen molar-refractivity contribution in [1.82, 2.24) is 0 Å². The van der Waals surface area contributed by atoms with E-state index in [1.165, 1.54) is 6.92 Å². The van der Waals surface area contributed by atoms with Crippen molar-refractivity contribution < 1.29 is 9.72 Å². The quantitative estimate of drug-likeness (QED) is 0.584. The van der Waals surface area contributed by atoms with Crippen LogP contribution in [0.1, 0.15) is 43.2 Å². The zero-order chi connectivity index (χ0) is 14.0. The summed E-state index contributed by atoms with van der Waals surface area (Å²) in [5.74, 6) is -0.147. The van der Waals surface area contributed by atoms with E-state index >= 15 is 0 Å². The van der Waals surface area contributed by atoms with Crippen molar-refractivity contribution in [3.8, 4) is 0 Å². The highest BCUT2D eigenvalue weighted by Gasteiger charge is 2.37. The van der Waals surface area contributed by atoms with Gasteiger partial charge in [-0.05, 0) is 31.2 Å². The van der Waals surface area contributed by atoms with E-state index in [0.29, 0.717) is 12.3 Å². The lowest BCUT2D eigenvalue weighted by Crippen LogP contribution is -2.30. The molecule has 1 aliphatic rings. The summed E-state index contributed by atoms with van der Waals surface area (Å²) < 4.78 is 0. The van der Waals surface area contributed by atoms with E-state index in [0.717, 1.165) is 24.0 Å². The van der Waals surface area contributed by atoms with E-state index in [4.69, 9.17) is 0 Å². The van der Waals surface area contributed by atoms with E-state index < -0.39 is 12.0 Å². The van der Waals surface area contributed by atoms with Crippen molar-refractivity contribution in [2.45, 2.75) is 45.1 Å². The van der Waals surface area contributed by atoms with Gasteiger partial charge in [-0.2, -0.15) is 0 Å². The highest BCUT2D eigenvalue weighted by atomic mass is 16.6. The molecule has 1 aromatic rings. The fraction of sp³-hybridized carbons (Fsp3) is 0.533. The minimum atomic E-state index is -0.867. The number of hydrogen-bond acceptors (Lipinski definition) is 3. The van der Waals surface area contributed by atoms with Gasteiger partial charge in [0.1, 0.15) is 11.7 Å². The first-order chi connectivity index (χ1) is 8.99. The van der Waals surface area contributed by atoms with Gasteiger partial charge < -0.3 is 0 Å². The van der Waals surface area contributed by atoms with Crippen LogP contribution in [-0.4, -0.2) is 16.7 Å². The van der Waals surface area contributed by atoms with Gasteiger partial charge in [0.2, 0.25) is 6.04 Å². The Bertz CT molecular complexity index is 477. The van der Waals surface area contributed by atoms with E-state index in [1.807, 2.05) is 31.2 Å². The number of carbonyl (C=O) groups is 1. The number of aryl methyl sites for hydroxylation is 1. The molecule has 0 amide bonds. The van der Waals surface area contributed by atoms with Gasteiger partial charge in [-0.15, -0.1) is 0 Å². The second-order valence-electron chi connectivity index (χ2n) is 5.53. The van der Waals surface area contributed by atoms with Crippen LogP contribution < -0.4 is 0 Å². The molecule has 0 aliphatic heterocycles. The lowest BCUT2D eigenvalue weighted by Gasteiger charge is -2.17. The van der Waals surface area contributed by atoms with Gasteiger partial charge in [0, 0.05) is 18.3 Å². The number of benzene rings is 1. The lowest BCUT2D eigenvalue weighted by atomic mass is 9.86. The summed E-state index contributed by atoms with van der Waals surface area (Å²) in [6.45, 7) is 3.48. The molecule has 0 aromatic heterocycles. The normalized spacial score (nSPS) is 17.8. The first-order valence-corrected chi connectivity index (χ1v) is 6.72. The van der Waals surface area contributed by atoms with Crippen molar-refractivity contribution in [3.05, 3.63) is 45.5 Å². The smallest absolute Gasteiger partial charge is 0.224 e. The number of ketones is 1. The summed E-state index contributed by atoms with van der Waals surface area (Å²) in [6, 6.07) is 6.61. The standard InChI is InChI=1S/C15H19NO3/c1-10-3-7-13(8-4-10)15(11(2)16(18)19)14(17)9-12-5-6-12/h3-4,7-8,11-12,15H,5-6,9H2,1-2H3. The Morgan fingerprint density at radius 3 is 2.42 bits per heavy atom. The number of hydrogen-bond donors (Lipinski definition) is 0. The Morgan fingerprint density at radius 2 is 1.95 bits per heavy atom. The Labute approximate surface area is 113 Å². The SMILES string of the molecule is Cc1ccc(C(C(=O)CC2CC2)C(C)[N+](=O)[O-])cc1. The van der Waals surface area contributed by atoms with Crippen LogP contribution in [0.15, 0.2) is 24.3 Å². The molecule has 1 fully saturated rings. The van der Waals surface area contributed by atoms with Gasteiger partial charge in [0.05, 0.1) is 0 Å². The van der Waals surface area contributed by atoms with E-state index in [2.05, 4.69) is 0 Å². The molecular formula is C15H19NO3. The van der Waals surface area contributed by atoms with E-state index in [1.54, 1.807) is 0 Å². The van der Waals surface area contributed by atoms with Crippen molar-refractivity contribution in [2.24, 2.45) is 5.92 Å². The Morgan fingerprint density at radius 1 is 1.37 bits per heavy atom. The average molecular weight is 261 g/mol. The third kappa shape index (κ3) is 3.40. The molecule has 4 nitrogen and oxygen atoms in total. The molecule has 102 valence electrons. The minimum Gasteiger partial charge on any atom is -0.299 e. The van der Waals surface area contributed by atoms with Crippen LogP contribution in [0.5, 0.6) is 0 Å². The van der Waals surface area contributed by atoms with Crippen molar-refractivity contribution >= 4 is 5.78 Å². The Kier molecular flexibility index (Phi) is 3.98. The van der Waals surface area contributed by atoms with Crippen molar-refractivity contribution in [1.29, 1.82) is 0 Å². The molecule has 2 unspecified atom stereocenters. The monoisotopic (exact) mass is 261 g/mol. The summed E-state index contributed by atoms with van der Waals surface area (Å²) in [4.78, 5) is 23.0. The molecule has 1 aliphatic carbocycles. The second-order valence-corrected chi connectivity index (χ2v) is 5.53. The summed E-state index contributed by atoms with van der Waals surface area (Å²) in [5.41, 5.74) is 1.85.